The first-order valence-electron chi connectivity index (χ1n) is 8.11. The highest BCUT2D eigenvalue weighted by Crippen LogP contribution is 2.18. The summed E-state index contributed by atoms with van der Waals surface area (Å²) in [7, 11) is 0. The van der Waals surface area contributed by atoms with Gasteiger partial charge in [-0.15, -0.1) is 6.58 Å². The number of amides is 1. The molecular weight excluding hydrogens is 319 g/mol. The van der Waals surface area contributed by atoms with Crippen LogP contribution in [0.25, 0.3) is 0 Å². The van der Waals surface area contributed by atoms with E-state index in [2.05, 4.69) is 11.7 Å². The summed E-state index contributed by atoms with van der Waals surface area (Å²) in [6, 6.07) is 15.5. The molecule has 0 aromatic heterocycles. The molecule has 1 atom stereocenters. The third-order valence-electron chi connectivity index (χ3n) is 3.97. The summed E-state index contributed by atoms with van der Waals surface area (Å²) >= 11 is 0. The Labute approximate surface area is 146 Å². The van der Waals surface area contributed by atoms with Crippen LogP contribution in [0.4, 0.5) is 4.39 Å². The van der Waals surface area contributed by atoms with E-state index in [1.54, 1.807) is 17.0 Å². The maximum absolute atomic E-state index is 13.4. The van der Waals surface area contributed by atoms with Crippen molar-refractivity contribution in [1.82, 2.24) is 4.90 Å². The van der Waals surface area contributed by atoms with E-state index < -0.39 is 5.82 Å². The smallest absolute Gasteiger partial charge is 0.254 e. The Balaban J connectivity index is 1.67. The Morgan fingerprint density at radius 3 is 2.80 bits per heavy atom. The first-order chi connectivity index (χ1) is 12.2. The van der Waals surface area contributed by atoms with Gasteiger partial charge in [0.25, 0.3) is 5.91 Å². The van der Waals surface area contributed by atoms with Crippen molar-refractivity contribution >= 4 is 11.6 Å². The molecule has 0 bridgehead atoms. The highest BCUT2D eigenvalue weighted by Gasteiger charge is 2.26. The number of carbonyl (C=O) groups is 1. The van der Waals surface area contributed by atoms with E-state index in [4.69, 9.17) is 4.84 Å². The molecule has 1 heterocycles. The number of rotatable bonds is 6. The van der Waals surface area contributed by atoms with Crippen molar-refractivity contribution < 1.29 is 14.0 Å². The van der Waals surface area contributed by atoms with Crippen molar-refractivity contribution in [3.05, 3.63) is 84.2 Å². The minimum absolute atomic E-state index is 0.229. The maximum atomic E-state index is 13.4. The van der Waals surface area contributed by atoms with Gasteiger partial charge in [-0.05, 0) is 23.8 Å². The van der Waals surface area contributed by atoms with Gasteiger partial charge in [0, 0.05) is 18.5 Å². The van der Waals surface area contributed by atoms with Crippen molar-refractivity contribution in [2.24, 2.45) is 5.16 Å². The van der Waals surface area contributed by atoms with E-state index in [1.807, 2.05) is 30.3 Å². The highest BCUT2D eigenvalue weighted by atomic mass is 19.1. The van der Waals surface area contributed by atoms with E-state index in [-0.39, 0.29) is 12.0 Å². The predicted octanol–water partition coefficient (Wildman–Crippen LogP) is 3.65. The summed E-state index contributed by atoms with van der Waals surface area (Å²) in [5, 5.41) is 4.14. The Kier molecular flexibility index (Phi) is 5.23. The minimum atomic E-state index is -0.434. The van der Waals surface area contributed by atoms with Crippen LogP contribution in [0.5, 0.6) is 0 Å². The van der Waals surface area contributed by atoms with Gasteiger partial charge in [0.15, 0.2) is 6.10 Å². The van der Waals surface area contributed by atoms with Crippen molar-refractivity contribution in [3.8, 4) is 0 Å². The first kappa shape index (κ1) is 16.9. The molecule has 25 heavy (non-hydrogen) atoms. The normalized spacial score (nSPS) is 16.0. The number of carbonyl (C=O) groups excluding carboxylic acids is 1. The highest BCUT2D eigenvalue weighted by molar-refractivity contribution is 6.01. The van der Waals surface area contributed by atoms with Gasteiger partial charge < -0.3 is 9.74 Å². The summed E-state index contributed by atoms with van der Waals surface area (Å²) in [5.41, 5.74) is 2.18. The van der Waals surface area contributed by atoms with Crippen molar-refractivity contribution in [2.45, 2.75) is 12.5 Å². The summed E-state index contributed by atoms with van der Waals surface area (Å²) < 4.78 is 13.4. The van der Waals surface area contributed by atoms with Gasteiger partial charge in [0.1, 0.15) is 5.82 Å². The summed E-state index contributed by atoms with van der Waals surface area (Å²) in [6.07, 6.45) is 2.03. The zero-order valence-corrected chi connectivity index (χ0v) is 13.8. The average Bonchev–Trinajstić information content (AvgIpc) is 3.10. The molecule has 3 rings (SSSR count). The molecule has 5 heteroatoms. The molecule has 0 aliphatic carbocycles. The van der Waals surface area contributed by atoms with Crippen LogP contribution in [0.2, 0.25) is 0 Å². The molecule has 2 aromatic carbocycles. The van der Waals surface area contributed by atoms with E-state index in [0.29, 0.717) is 25.1 Å². The Morgan fingerprint density at radius 2 is 2.08 bits per heavy atom. The van der Waals surface area contributed by atoms with Gasteiger partial charge in [0.05, 0.1) is 12.3 Å². The van der Waals surface area contributed by atoms with Crippen LogP contribution >= 0.6 is 0 Å². The minimum Gasteiger partial charge on any atom is -0.390 e. The molecule has 2 aromatic rings. The zero-order valence-electron chi connectivity index (χ0n) is 13.8. The zero-order chi connectivity index (χ0) is 17.6. The van der Waals surface area contributed by atoms with E-state index in [0.717, 1.165) is 11.3 Å². The lowest BCUT2D eigenvalue weighted by molar-refractivity contribution is 0.0449. The lowest BCUT2D eigenvalue weighted by Gasteiger charge is -2.23. The summed E-state index contributed by atoms with van der Waals surface area (Å²) in [5.74, 6) is -0.688. The number of hydrogen-bond acceptors (Lipinski definition) is 3. The van der Waals surface area contributed by atoms with Gasteiger partial charge in [0.2, 0.25) is 0 Å². The van der Waals surface area contributed by atoms with E-state index in [1.165, 1.54) is 18.2 Å². The second-order valence-electron chi connectivity index (χ2n) is 5.84. The van der Waals surface area contributed by atoms with Gasteiger partial charge in [-0.25, -0.2) is 4.39 Å². The summed E-state index contributed by atoms with van der Waals surface area (Å²) in [4.78, 5) is 19.7. The quantitative estimate of drug-likeness (QED) is 0.755. The molecule has 0 spiro atoms. The third-order valence-corrected chi connectivity index (χ3v) is 3.97. The van der Waals surface area contributed by atoms with Crippen LogP contribution < -0.4 is 0 Å². The molecule has 0 N–H and O–H groups in total. The van der Waals surface area contributed by atoms with Crippen LogP contribution in [0.1, 0.15) is 22.3 Å². The fraction of sp³-hybridized carbons (Fsp3) is 0.200. The Hall–Kier alpha value is -2.95. The number of hydrogen-bond donors (Lipinski definition) is 0. The van der Waals surface area contributed by atoms with Gasteiger partial charge in [-0.2, -0.15) is 0 Å². The first-order valence-corrected chi connectivity index (χ1v) is 8.11. The number of nitrogens with zero attached hydrogens (tertiary/aromatic N) is 2. The van der Waals surface area contributed by atoms with Crippen LogP contribution in [0.15, 0.2) is 72.4 Å². The number of benzene rings is 2. The molecular formula is C20H19FN2O2. The van der Waals surface area contributed by atoms with Crippen molar-refractivity contribution in [1.29, 1.82) is 0 Å². The van der Waals surface area contributed by atoms with Gasteiger partial charge in [-0.3, -0.25) is 4.79 Å². The predicted molar refractivity (Wildman–Crippen MR) is 95.0 cm³/mol. The van der Waals surface area contributed by atoms with Gasteiger partial charge >= 0.3 is 0 Å². The van der Waals surface area contributed by atoms with Crippen LogP contribution in [-0.2, 0) is 4.84 Å². The molecule has 0 saturated heterocycles. The van der Waals surface area contributed by atoms with E-state index in [9.17, 15) is 9.18 Å². The summed E-state index contributed by atoms with van der Waals surface area (Å²) in [6.45, 7) is 4.41. The molecule has 4 nitrogen and oxygen atoms in total. The second kappa shape index (κ2) is 7.75. The molecule has 1 amide bonds. The largest absolute Gasteiger partial charge is 0.390 e. The fourth-order valence-electron chi connectivity index (χ4n) is 2.77. The van der Waals surface area contributed by atoms with Crippen LogP contribution in [0, 0.1) is 5.82 Å². The monoisotopic (exact) mass is 338 g/mol. The second-order valence-corrected chi connectivity index (χ2v) is 5.84. The van der Waals surface area contributed by atoms with Gasteiger partial charge in [-0.1, -0.05) is 47.6 Å². The molecule has 0 saturated carbocycles. The number of halogens is 1. The third kappa shape index (κ3) is 4.12. The Bertz CT molecular complexity index is 789. The lowest BCUT2D eigenvalue weighted by atomic mass is 10.0. The topological polar surface area (TPSA) is 41.9 Å². The van der Waals surface area contributed by atoms with E-state index >= 15 is 0 Å². The van der Waals surface area contributed by atoms with Crippen molar-refractivity contribution in [2.75, 3.05) is 13.1 Å². The maximum Gasteiger partial charge on any atom is 0.254 e. The SMILES string of the molecule is C=CCN(C[C@H]1CC(c2ccccc2)=NO1)C(=O)c1cccc(F)c1. The number of oxime groups is 1. The lowest BCUT2D eigenvalue weighted by Crippen LogP contribution is -2.37. The molecule has 1 aliphatic rings. The molecule has 0 radical (unpaired) electrons. The fourth-order valence-corrected chi connectivity index (χ4v) is 2.77. The average molecular weight is 338 g/mol. The van der Waals surface area contributed by atoms with Crippen LogP contribution in [-0.4, -0.2) is 35.7 Å². The Morgan fingerprint density at radius 1 is 1.28 bits per heavy atom. The van der Waals surface area contributed by atoms with Crippen LogP contribution in [0.3, 0.4) is 0 Å². The van der Waals surface area contributed by atoms with Crippen molar-refractivity contribution in [3.63, 3.8) is 0 Å². The molecule has 128 valence electrons. The standard InChI is InChI=1S/C20H19FN2O2/c1-2-11-23(20(24)16-9-6-10-17(21)12-16)14-18-13-19(22-25-18)15-7-4-3-5-8-15/h2-10,12,18H,1,11,13-14H2/t18-/m1/s1. The molecule has 1 aliphatic heterocycles. The molecule has 0 fully saturated rings. The molecule has 0 unspecified atom stereocenters.